The van der Waals surface area contributed by atoms with Crippen molar-refractivity contribution in [3.05, 3.63) is 58.8 Å². The minimum atomic E-state index is -3.70. The molecule has 0 aliphatic carbocycles. The largest absolute Gasteiger partial charge is 0.492 e. The van der Waals surface area contributed by atoms with Gasteiger partial charge in [-0.15, -0.1) is 0 Å². The van der Waals surface area contributed by atoms with Crippen LogP contribution in [0.4, 0.5) is 4.39 Å². The van der Waals surface area contributed by atoms with E-state index in [-0.39, 0.29) is 23.8 Å². The molecule has 0 saturated carbocycles. The second-order valence-corrected chi connectivity index (χ2v) is 9.00. The first kappa shape index (κ1) is 22.3. The zero-order valence-electron chi connectivity index (χ0n) is 15.4. The standard InChI is InChI=1S/C19H22BrFN2O4S/c1-23(28(25,26)18-9-7-16(21)8-10-18)12-3-6-19(24)22-11-13-27-17-5-2-4-15(20)14-17/h2,4-5,7-10,14H,3,6,11-13H2,1H3,(H,22,24). The third kappa shape index (κ3) is 6.88. The Balaban J connectivity index is 1.67. The van der Waals surface area contributed by atoms with Crippen LogP contribution in [0.2, 0.25) is 0 Å². The number of hydrogen-bond acceptors (Lipinski definition) is 4. The number of amides is 1. The van der Waals surface area contributed by atoms with Crippen LogP contribution in [0, 0.1) is 5.82 Å². The van der Waals surface area contributed by atoms with E-state index >= 15 is 0 Å². The lowest BCUT2D eigenvalue weighted by atomic mass is 10.3. The van der Waals surface area contributed by atoms with Crippen molar-refractivity contribution in [3.8, 4) is 5.75 Å². The van der Waals surface area contributed by atoms with Gasteiger partial charge >= 0.3 is 0 Å². The highest BCUT2D eigenvalue weighted by Crippen LogP contribution is 2.17. The predicted octanol–water partition coefficient (Wildman–Crippen LogP) is 3.18. The number of carbonyl (C=O) groups excluding carboxylic acids is 1. The molecule has 0 saturated heterocycles. The van der Waals surface area contributed by atoms with Gasteiger partial charge in [0.2, 0.25) is 15.9 Å². The van der Waals surface area contributed by atoms with Gasteiger partial charge in [-0.3, -0.25) is 4.79 Å². The number of rotatable bonds is 10. The summed E-state index contributed by atoms with van der Waals surface area (Å²) in [5, 5.41) is 2.73. The van der Waals surface area contributed by atoms with E-state index in [0.29, 0.717) is 25.3 Å². The zero-order chi connectivity index (χ0) is 20.6. The van der Waals surface area contributed by atoms with Crippen LogP contribution in [0.3, 0.4) is 0 Å². The molecule has 0 radical (unpaired) electrons. The quantitative estimate of drug-likeness (QED) is 0.538. The highest BCUT2D eigenvalue weighted by atomic mass is 79.9. The maximum Gasteiger partial charge on any atom is 0.242 e. The van der Waals surface area contributed by atoms with Gasteiger partial charge in [-0.2, -0.15) is 0 Å². The van der Waals surface area contributed by atoms with Crippen LogP contribution in [-0.4, -0.2) is 45.4 Å². The molecule has 0 aliphatic heterocycles. The van der Waals surface area contributed by atoms with E-state index in [2.05, 4.69) is 21.2 Å². The lowest BCUT2D eigenvalue weighted by Gasteiger charge is -2.17. The van der Waals surface area contributed by atoms with Gasteiger partial charge in [0, 0.05) is 24.5 Å². The predicted molar refractivity (Wildman–Crippen MR) is 108 cm³/mol. The van der Waals surface area contributed by atoms with Crippen molar-refractivity contribution in [2.75, 3.05) is 26.7 Å². The second-order valence-electron chi connectivity index (χ2n) is 6.04. The number of hydrogen-bond donors (Lipinski definition) is 1. The molecule has 6 nitrogen and oxygen atoms in total. The molecule has 0 spiro atoms. The molecule has 0 fully saturated rings. The molecule has 1 N–H and O–H groups in total. The molecular formula is C19H22BrFN2O4S. The average Bonchev–Trinajstić information content (AvgIpc) is 2.65. The molecule has 152 valence electrons. The maximum atomic E-state index is 12.9. The Morgan fingerprint density at radius 3 is 2.61 bits per heavy atom. The van der Waals surface area contributed by atoms with E-state index in [4.69, 9.17) is 4.74 Å². The fourth-order valence-corrected chi connectivity index (χ4v) is 3.96. The Morgan fingerprint density at radius 2 is 1.93 bits per heavy atom. The summed E-state index contributed by atoms with van der Waals surface area (Å²) >= 11 is 3.35. The molecule has 1 amide bonds. The molecule has 28 heavy (non-hydrogen) atoms. The van der Waals surface area contributed by atoms with E-state index in [1.54, 1.807) is 0 Å². The molecule has 0 unspecified atom stereocenters. The van der Waals surface area contributed by atoms with Gasteiger partial charge in [-0.05, 0) is 48.9 Å². The number of nitrogens with one attached hydrogen (secondary N) is 1. The van der Waals surface area contributed by atoms with Gasteiger partial charge in [0.1, 0.15) is 18.2 Å². The van der Waals surface area contributed by atoms with Crippen LogP contribution < -0.4 is 10.1 Å². The summed E-state index contributed by atoms with van der Waals surface area (Å²) in [6.07, 6.45) is 0.565. The van der Waals surface area contributed by atoms with Gasteiger partial charge in [-0.25, -0.2) is 17.1 Å². The average molecular weight is 473 g/mol. The lowest BCUT2D eigenvalue weighted by Crippen LogP contribution is -2.31. The summed E-state index contributed by atoms with van der Waals surface area (Å²) in [5.74, 6) is 0.0313. The van der Waals surface area contributed by atoms with Crippen LogP contribution in [-0.2, 0) is 14.8 Å². The van der Waals surface area contributed by atoms with Crippen molar-refractivity contribution in [3.63, 3.8) is 0 Å². The Hall–Kier alpha value is -1.97. The summed E-state index contributed by atoms with van der Waals surface area (Å²) in [7, 11) is -2.26. The molecule has 0 heterocycles. The Bertz CT molecular complexity index is 891. The molecular weight excluding hydrogens is 451 g/mol. The van der Waals surface area contributed by atoms with Crippen LogP contribution in [0.15, 0.2) is 57.9 Å². The number of ether oxygens (including phenoxy) is 1. The van der Waals surface area contributed by atoms with E-state index in [1.165, 1.54) is 19.2 Å². The molecule has 9 heteroatoms. The zero-order valence-corrected chi connectivity index (χ0v) is 17.8. The van der Waals surface area contributed by atoms with Crippen LogP contribution in [0.5, 0.6) is 5.75 Å². The first-order valence-electron chi connectivity index (χ1n) is 8.66. The summed E-state index contributed by atoms with van der Waals surface area (Å²) in [6.45, 7) is 0.873. The third-order valence-corrected chi connectivity index (χ3v) is 6.25. The normalized spacial score (nSPS) is 11.4. The van der Waals surface area contributed by atoms with E-state index in [1.807, 2.05) is 24.3 Å². The van der Waals surface area contributed by atoms with Gasteiger partial charge < -0.3 is 10.1 Å². The van der Waals surface area contributed by atoms with Gasteiger partial charge in [0.15, 0.2) is 0 Å². The summed E-state index contributed by atoms with van der Waals surface area (Å²) < 4.78 is 45.3. The fourth-order valence-electron chi connectivity index (χ4n) is 2.37. The van der Waals surface area contributed by atoms with Gasteiger partial charge in [0.25, 0.3) is 0 Å². The molecule has 2 aromatic rings. The van der Waals surface area contributed by atoms with Crippen molar-refractivity contribution in [2.24, 2.45) is 0 Å². The van der Waals surface area contributed by atoms with Crippen LogP contribution >= 0.6 is 15.9 Å². The molecule has 0 aliphatic rings. The van der Waals surface area contributed by atoms with Crippen molar-refractivity contribution >= 4 is 31.9 Å². The van der Waals surface area contributed by atoms with Crippen molar-refractivity contribution in [1.82, 2.24) is 9.62 Å². The van der Waals surface area contributed by atoms with Crippen LogP contribution in [0.25, 0.3) is 0 Å². The minimum Gasteiger partial charge on any atom is -0.492 e. The summed E-state index contributed by atoms with van der Waals surface area (Å²) in [4.78, 5) is 11.9. The number of benzene rings is 2. The Labute approximate surface area is 172 Å². The fraction of sp³-hybridized carbons (Fsp3) is 0.316. The molecule has 2 rings (SSSR count). The Morgan fingerprint density at radius 1 is 1.21 bits per heavy atom. The topological polar surface area (TPSA) is 75.7 Å². The SMILES string of the molecule is CN(CCCC(=O)NCCOc1cccc(Br)c1)S(=O)(=O)c1ccc(F)cc1. The molecule has 0 atom stereocenters. The maximum absolute atomic E-state index is 12.9. The van der Waals surface area contributed by atoms with E-state index < -0.39 is 15.8 Å². The lowest BCUT2D eigenvalue weighted by molar-refractivity contribution is -0.121. The molecule has 0 aromatic heterocycles. The van der Waals surface area contributed by atoms with E-state index in [0.717, 1.165) is 20.9 Å². The third-order valence-electron chi connectivity index (χ3n) is 3.89. The van der Waals surface area contributed by atoms with Crippen molar-refractivity contribution in [2.45, 2.75) is 17.7 Å². The minimum absolute atomic E-state index is 0.0190. The monoisotopic (exact) mass is 472 g/mol. The highest BCUT2D eigenvalue weighted by Gasteiger charge is 2.20. The van der Waals surface area contributed by atoms with Crippen LogP contribution in [0.1, 0.15) is 12.8 Å². The second kappa shape index (κ2) is 10.5. The number of carbonyl (C=O) groups is 1. The Kier molecular flexibility index (Phi) is 8.40. The van der Waals surface area contributed by atoms with Gasteiger partial charge in [0.05, 0.1) is 11.4 Å². The summed E-state index contributed by atoms with van der Waals surface area (Å²) in [5.41, 5.74) is 0. The smallest absolute Gasteiger partial charge is 0.242 e. The van der Waals surface area contributed by atoms with Crippen molar-refractivity contribution < 1.29 is 22.3 Å². The highest BCUT2D eigenvalue weighted by molar-refractivity contribution is 9.10. The van der Waals surface area contributed by atoms with E-state index in [9.17, 15) is 17.6 Å². The van der Waals surface area contributed by atoms with Crippen molar-refractivity contribution in [1.29, 1.82) is 0 Å². The molecule has 2 aromatic carbocycles. The number of halogens is 2. The first-order valence-corrected chi connectivity index (χ1v) is 10.9. The number of sulfonamides is 1. The first-order chi connectivity index (χ1) is 13.3. The summed E-state index contributed by atoms with van der Waals surface area (Å²) in [6, 6.07) is 12.0. The molecule has 0 bridgehead atoms. The van der Waals surface area contributed by atoms with Gasteiger partial charge in [-0.1, -0.05) is 22.0 Å². The number of nitrogens with zero attached hydrogens (tertiary/aromatic N) is 1.